The number of piperidine rings is 1. The van der Waals surface area contributed by atoms with Crippen molar-refractivity contribution < 1.29 is 17.9 Å². The van der Waals surface area contributed by atoms with Crippen LogP contribution < -0.4 is 9.54 Å². The Bertz CT molecular complexity index is 1310. The molecule has 1 aliphatic heterocycles. The van der Waals surface area contributed by atoms with Crippen LogP contribution in [0, 0.1) is 12.8 Å². The Kier molecular flexibility index (Phi) is 6.50. The van der Waals surface area contributed by atoms with Gasteiger partial charge in [-0.1, -0.05) is 29.0 Å². The minimum absolute atomic E-state index is 0.154. The Morgan fingerprint density at radius 1 is 1.22 bits per heavy atom. The first-order valence-electron chi connectivity index (χ1n) is 10.7. The molecule has 0 aliphatic carbocycles. The second-order valence-electron chi connectivity index (χ2n) is 7.97. The van der Waals surface area contributed by atoms with Crippen molar-refractivity contribution in [2.45, 2.75) is 31.6 Å². The number of hydrogen-bond acceptors (Lipinski definition) is 5. The van der Waals surface area contributed by atoms with Gasteiger partial charge in [0, 0.05) is 20.1 Å². The van der Waals surface area contributed by atoms with Gasteiger partial charge in [-0.25, -0.2) is 8.42 Å². The second kappa shape index (κ2) is 9.17. The highest BCUT2D eigenvalue weighted by molar-refractivity contribution is 7.89. The van der Waals surface area contributed by atoms with Gasteiger partial charge in [0.15, 0.2) is 4.80 Å². The number of amides is 1. The summed E-state index contributed by atoms with van der Waals surface area (Å²) in [4.78, 5) is 18.2. The Hall–Kier alpha value is -2.49. The summed E-state index contributed by atoms with van der Waals surface area (Å²) in [7, 11) is -1.76. The van der Waals surface area contributed by atoms with Crippen molar-refractivity contribution in [3.63, 3.8) is 0 Å². The molecule has 32 heavy (non-hydrogen) atoms. The lowest BCUT2D eigenvalue weighted by Gasteiger charge is -2.30. The fourth-order valence-corrected chi connectivity index (χ4v) is 6.46. The number of thiazole rings is 1. The van der Waals surface area contributed by atoms with E-state index in [9.17, 15) is 13.2 Å². The van der Waals surface area contributed by atoms with E-state index in [1.54, 1.807) is 24.3 Å². The molecule has 1 aromatic heterocycles. The molecule has 1 unspecified atom stereocenters. The zero-order valence-electron chi connectivity index (χ0n) is 18.4. The van der Waals surface area contributed by atoms with E-state index in [-0.39, 0.29) is 17.3 Å². The number of sulfonamides is 1. The molecular formula is C23H27N3O4S2. The first kappa shape index (κ1) is 22.7. The molecule has 1 fully saturated rings. The van der Waals surface area contributed by atoms with E-state index in [4.69, 9.17) is 4.74 Å². The van der Waals surface area contributed by atoms with Crippen LogP contribution in [0.25, 0.3) is 10.2 Å². The average molecular weight is 474 g/mol. The van der Waals surface area contributed by atoms with Crippen molar-refractivity contribution >= 4 is 37.5 Å². The first-order chi connectivity index (χ1) is 15.3. The van der Waals surface area contributed by atoms with Crippen molar-refractivity contribution in [1.82, 2.24) is 8.87 Å². The van der Waals surface area contributed by atoms with Crippen LogP contribution in [0.3, 0.4) is 0 Å². The van der Waals surface area contributed by atoms with Gasteiger partial charge in [-0.05, 0) is 57.0 Å². The summed E-state index contributed by atoms with van der Waals surface area (Å²) in [5.74, 6) is 0.0538. The number of aryl methyl sites for hydroxylation is 2. The quantitative estimate of drug-likeness (QED) is 0.568. The number of nitrogens with zero attached hydrogens (tertiary/aromatic N) is 3. The summed E-state index contributed by atoms with van der Waals surface area (Å²) in [6.07, 6.45) is 1.26. The molecule has 1 saturated heterocycles. The Balaban J connectivity index is 1.57. The highest BCUT2D eigenvalue weighted by Crippen LogP contribution is 2.26. The van der Waals surface area contributed by atoms with E-state index in [1.165, 1.54) is 15.6 Å². The number of aromatic nitrogens is 1. The minimum atomic E-state index is -3.63. The van der Waals surface area contributed by atoms with Crippen LogP contribution in [-0.2, 0) is 21.9 Å². The van der Waals surface area contributed by atoms with Gasteiger partial charge in [-0.3, -0.25) is 4.79 Å². The number of rotatable bonds is 5. The van der Waals surface area contributed by atoms with Crippen LogP contribution in [0.1, 0.15) is 25.3 Å². The predicted molar refractivity (Wildman–Crippen MR) is 125 cm³/mol. The van der Waals surface area contributed by atoms with E-state index in [0.29, 0.717) is 30.8 Å². The van der Waals surface area contributed by atoms with Gasteiger partial charge in [0.05, 0.1) is 27.6 Å². The maximum absolute atomic E-state index is 13.1. The van der Waals surface area contributed by atoms with Gasteiger partial charge in [0.2, 0.25) is 10.0 Å². The molecular weight excluding hydrogens is 446 g/mol. The molecule has 7 nitrogen and oxygen atoms in total. The Morgan fingerprint density at radius 3 is 2.69 bits per heavy atom. The predicted octanol–water partition coefficient (Wildman–Crippen LogP) is 3.48. The molecule has 0 spiro atoms. The van der Waals surface area contributed by atoms with E-state index in [1.807, 2.05) is 43.7 Å². The fourth-order valence-electron chi connectivity index (χ4n) is 3.88. The third-order valence-electron chi connectivity index (χ3n) is 5.69. The lowest BCUT2D eigenvalue weighted by atomic mass is 9.99. The van der Waals surface area contributed by atoms with Crippen molar-refractivity contribution in [3.05, 3.63) is 52.8 Å². The van der Waals surface area contributed by atoms with E-state index < -0.39 is 15.9 Å². The number of hydrogen-bond donors (Lipinski definition) is 0. The molecule has 4 rings (SSSR count). The normalized spacial score (nSPS) is 18.2. The van der Waals surface area contributed by atoms with Gasteiger partial charge < -0.3 is 9.30 Å². The molecule has 2 aromatic carbocycles. The molecule has 3 aromatic rings. The van der Waals surface area contributed by atoms with Gasteiger partial charge in [0.25, 0.3) is 5.91 Å². The number of benzene rings is 2. The van der Waals surface area contributed by atoms with Crippen LogP contribution in [0.15, 0.2) is 52.4 Å². The van der Waals surface area contributed by atoms with Crippen LogP contribution in [-0.4, -0.2) is 42.9 Å². The maximum atomic E-state index is 13.1. The molecule has 170 valence electrons. The summed E-state index contributed by atoms with van der Waals surface area (Å²) in [6, 6.07) is 12.6. The molecule has 0 radical (unpaired) electrons. The van der Waals surface area contributed by atoms with Gasteiger partial charge in [-0.2, -0.15) is 9.30 Å². The van der Waals surface area contributed by atoms with Crippen molar-refractivity contribution in [1.29, 1.82) is 0 Å². The summed E-state index contributed by atoms with van der Waals surface area (Å²) < 4.78 is 36.0. The standard InChI is InChI=1S/C23H27N3O4S2/c1-4-30-18-9-12-20-21(14-18)31-23(25(20)3)24-22(27)17-6-5-13-26(15-17)32(28,29)19-10-7-16(2)8-11-19/h7-12,14,17H,4-6,13,15H2,1-3H3. The van der Waals surface area contributed by atoms with Gasteiger partial charge in [0.1, 0.15) is 5.75 Å². The van der Waals surface area contributed by atoms with Gasteiger partial charge in [-0.15, -0.1) is 0 Å². The second-order valence-corrected chi connectivity index (χ2v) is 10.9. The Morgan fingerprint density at radius 2 is 1.97 bits per heavy atom. The summed E-state index contributed by atoms with van der Waals surface area (Å²) in [5.41, 5.74) is 1.97. The molecule has 0 bridgehead atoms. The van der Waals surface area contributed by atoms with E-state index >= 15 is 0 Å². The van der Waals surface area contributed by atoms with Crippen LogP contribution >= 0.6 is 11.3 Å². The van der Waals surface area contributed by atoms with Gasteiger partial charge >= 0.3 is 0 Å². The van der Waals surface area contributed by atoms with Crippen LogP contribution in [0.5, 0.6) is 5.75 Å². The number of ether oxygens (including phenoxy) is 1. The summed E-state index contributed by atoms with van der Waals surface area (Å²) in [5, 5.41) is 0. The average Bonchev–Trinajstić information content (AvgIpc) is 3.09. The molecule has 9 heteroatoms. The lowest BCUT2D eigenvalue weighted by molar-refractivity contribution is -0.122. The fraction of sp³-hybridized carbons (Fsp3) is 0.391. The SMILES string of the molecule is CCOc1ccc2c(c1)sc(=NC(=O)C1CCCN(S(=O)(=O)c3ccc(C)cc3)C1)n2C. The third kappa shape index (κ3) is 4.51. The van der Waals surface area contributed by atoms with Crippen LogP contribution in [0.2, 0.25) is 0 Å². The molecule has 0 saturated carbocycles. The largest absolute Gasteiger partial charge is 0.494 e. The van der Waals surface area contributed by atoms with E-state index in [0.717, 1.165) is 21.5 Å². The first-order valence-corrected chi connectivity index (χ1v) is 12.9. The van der Waals surface area contributed by atoms with Crippen LogP contribution in [0.4, 0.5) is 0 Å². The molecule has 2 heterocycles. The molecule has 1 atom stereocenters. The Labute approximate surface area is 192 Å². The van der Waals surface area contributed by atoms with Crippen molar-refractivity contribution in [3.8, 4) is 5.75 Å². The number of fused-ring (bicyclic) bond motifs is 1. The zero-order chi connectivity index (χ0) is 22.9. The maximum Gasteiger partial charge on any atom is 0.252 e. The number of carbonyl (C=O) groups is 1. The van der Waals surface area contributed by atoms with Crippen molar-refractivity contribution in [2.24, 2.45) is 18.0 Å². The smallest absolute Gasteiger partial charge is 0.252 e. The molecule has 1 amide bonds. The summed E-state index contributed by atoms with van der Waals surface area (Å²) >= 11 is 1.42. The third-order valence-corrected chi connectivity index (χ3v) is 8.66. The summed E-state index contributed by atoms with van der Waals surface area (Å²) in [6.45, 7) is 5.00. The molecule has 1 aliphatic rings. The van der Waals surface area contributed by atoms with Crippen molar-refractivity contribution in [2.75, 3.05) is 19.7 Å². The lowest BCUT2D eigenvalue weighted by Crippen LogP contribution is -2.42. The zero-order valence-corrected chi connectivity index (χ0v) is 20.1. The molecule has 0 N–H and O–H groups in total. The van der Waals surface area contributed by atoms with E-state index in [2.05, 4.69) is 4.99 Å². The highest BCUT2D eigenvalue weighted by atomic mass is 32.2. The topological polar surface area (TPSA) is 81.0 Å². The highest BCUT2D eigenvalue weighted by Gasteiger charge is 2.33. The number of carbonyl (C=O) groups excluding carboxylic acids is 1. The monoisotopic (exact) mass is 473 g/mol. The minimum Gasteiger partial charge on any atom is -0.494 e.